The van der Waals surface area contributed by atoms with Gasteiger partial charge in [0.05, 0.1) is 13.2 Å². The highest BCUT2D eigenvalue weighted by atomic mass is 19.2. The van der Waals surface area contributed by atoms with E-state index in [2.05, 4.69) is 19.1 Å². The number of allylic oxidation sites excluding steroid dienone is 2. The second kappa shape index (κ2) is 11.7. The topological polar surface area (TPSA) is 18.5 Å². The lowest BCUT2D eigenvalue weighted by Gasteiger charge is -2.28. The van der Waals surface area contributed by atoms with Gasteiger partial charge in [-0.15, -0.1) is 0 Å². The molecule has 2 saturated carbocycles. The molecule has 0 saturated heterocycles. The van der Waals surface area contributed by atoms with E-state index in [1.807, 2.05) is 0 Å². The fourth-order valence-electron chi connectivity index (χ4n) is 4.89. The van der Waals surface area contributed by atoms with E-state index in [0.717, 1.165) is 30.6 Å². The summed E-state index contributed by atoms with van der Waals surface area (Å²) in [6, 6.07) is 2.91. The average Bonchev–Trinajstić information content (AvgIpc) is 2.76. The number of halogens is 2. The minimum absolute atomic E-state index is 0.0136. The predicted molar refractivity (Wildman–Crippen MR) is 118 cm³/mol. The van der Waals surface area contributed by atoms with Gasteiger partial charge in [0.15, 0.2) is 11.5 Å². The van der Waals surface area contributed by atoms with Gasteiger partial charge in [0.25, 0.3) is 0 Å². The molecule has 0 N–H and O–H groups in total. The smallest absolute Gasteiger partial charge is 0.204 e. The molecule has 30 heavy (non-hydrogen) atoms. The lowest BCUT2D eigenvalue weighted by molar-refractivity contribution is 0.173. The van der Waals surface area contributed by atoms with E-state index >= 15 is 0 Å². The van der Waals surface area contributed by atoms with E-state index in [1.165, 1.54) is 63.5 Å². The van der Waals surface area contributed by atoms with Crippen molar-refractivity contribution < 1.29 is 18.3 Å². The van der Waals surface area contributed by atoms with Crippen molar-refractivity contribution in [3.8, 4) is 11.5 Å². The Labute approximate surface area is 181 Å². The van der Waals surface area contributed by atoms with Gasteiger partial charge in [0.2, 0.25) is 11.6 Å². The Bertz CT molecular complexity index is 672. The van der Waals surface area contributed by atoms with Crippen LogP contribution in [0.2, 0.25) is 0 Å². The van der Waals surface area contributed by atoms with Crippen molar-refractivity contribution in [1.29, 1.82) is 0 Å². The van der Waals surface area contributed by atoms with E-state index < -0.39 is 11.6 Å². The average molecular weight is 421 g/mol. The van der Waals surface area contributed by atoms with Crippen molar-refractivity contribution in [3.63, 3.8) is 0 Å². The Morgan fingerprint density at radius 1 is 0.867 bits per heavy atom. The third-order valence-corrected chi connectivity index (χ3v) is 6.96. The quantitative estimate of drug-likeness (QED) is 0.381. The second-order valence-corrected chi connectivity index (χ2v) is 9.35. The number of rotatable bonds is 9. The standard InChI is InChI=1S/C26H38F2O2/c1-3-29-23-16-17-24(26(28)25(23)27)30-18-22-14-12-21(13-15-22)7-5-4-6-20-10-8-19(2)9-11-20/h4,6,16-17,19-22H,3,5,7-15,18H2,1-2H3/b6-4+. The first kappa shape index (κ1) is 23.1. The van der Waals surface area contributed by atoms with Gasteiger partial charge in [-0.2, -0.15) is 8.78 Å². The maximum absolute atomic E-state index is 14.1. The molecule has 0 radical (unpaired) electrons. The zero-order valence-corrected chi connectivity index (χ0v) is 18.7. The van der Waals surface area contributed by atoms with E-state index in [0.29, 0.717) is 19.1 Å². The van der Waals surface area contributed by atoms with Gasteiger partial charge in [0, 0.05) is 0 Å². The molecule has 0 unspecified atom stereocenters. The summed E-state index contributed by atoms with van der Waals surface area (Å²) in [6.45, 7) is 4.87. The van der Waals surface area contributed by atoms with Crippen LogP contribution in [-0.4, -0.2) is 13.2 Å². The molecule has 0 amide bonds. The Kier molecular flexibility index (Phi) is 9.02. The van der Waals surface area contributed by atoms with Gasteiger partial charge in [0.1, 0.15) is 0 Å². The van der Waals surface area contributed by atoms with Gasteiger partial charge >= 0.3 is 0 Å². The maximum atomic E-state index is 14.1. The molecule has 1 aromatic carbocycles. The summed E-state index contributed by atoms with van der Waals surface area (Å²) in [7, 11) is 0. The number of ether oxygens (including phenoxy) is 2. The highest BCUT2D eigenvalue weighted by Crippen LogP contribution is 2.34. The SMILES string of the molecule is CCOc1ccc(OCC2CCC(CC/C=C/C3CCC(C)CC3)CC2)c(F)c1F. The van der Waals surface area contributed by atoms with E-state index in [4.69, 9.17) is 9.47 Å². The second-order valence-electron chi connectivity index (χ2n) is 9.35. The molecule has 2 aliphatic carbocycles. The lowest BCUT2D eigenvalue weighted by atomic mass is 9.80. The van der Waals surface area contributed by atoms with Crippen molar-refractivity contribution in [2.24, 2.45) is 23.7 Å². The molecule has 168 valence electrons. The van der Waals surface area contributed by atoms with Crippen LogP contribution in [0.15, 0.2) is 24.3 Å². The van der Waals surface area contributed by atoms with E-state index in [1.54, 1.807) is 6.92 Å². The number of benzene rings is 1. The van der Waals surface area contributed by atoms with Gasteiger partial charge in [-0.05, 0) is 81.3 Å². The van der Waals surface area contributed by atoms with E-state index in [-0.39, 0.29) is 11.5 Å². The molecule has 0 bridgehead atoms. The minimum Gasteiger partial charge on any atom is -0.491 e. The summed E-state index contributed by atoms with van der Waals surface area (Å²) in [6.07, 6.45) is 17.5. The lowest BCUT2D eigenvalue weighted by Crippen LogP contribution is -2.20. The van der Waals surface area contributed by atoms with Crippen LogP contribution < -0.4 is 9.47 Å². The summed E-state index contributed by atoms with van der Waals surface area (Å²) < 4.78 is 38.8. The molecule has 0 aliphatic heterocycles. The van der Waals surface area contributed by atoms with Gasteiger partial charge in [-0.1, -0.05) is 44.8 Å². The van der Waals surface area contributed by atoms with Crippen molar-refractivity contribution in [3.05, 3.63) is 35.9 Å². The fraction of sp³-hybridized carbons (Fsp3) is 0.692. The molecule has 1 aromatic rings. The normalized spacial score (nSPS) is 27.3. The van der Waals surface area contributed by atoms with Crippen LogP contribution in [0, 0.1) is 35.3 Å². The summed E-state index contributed by atoms with van der Waals surface area (Å²) in [4.78, 5) is 0. The summed E-state index contributed by atoms with van der Waals surface area (Å²) in [5.74, 6) is 0.950. The zero-order chi connectivity index (χ0) is 21.3. The Hall–Kier alpha value is -1.58. The van der Waals surface area contributed by atoms with Gasteiger partial charge in [-0.25, -0.2) is 0 Å². The highest BCUT2D eigenvalue weighted by molar-refractivity contribution is 5.35. The number of hydrogen-bond donors (Lipinski definition) is 0. The maximum Gasteiger partial charge on any atom is 0.204 e. The molecular weight excluding hydrogens is 382 g/mol. The minimum atomic E-state index is -0.964. The molecular formula is C26H38F2O2. The summed E-state index contributed by atoms with van der Waals surface area (Å²) in [5, 5.41) is 0. The monoisotopic (exact) mass is 420 g/mol. The van der Waals surface area contributed by atoms with Crippen LogP contribution in [0.3, 0.4) is 0 Å². The Balaban J connectivity index is 1.33. The molecule has 2 aliphatic rings. The van der Waals surface area contributed by atoms with Gasteiger partial charge < -0.3 is 9.47 Å². The molecule has 0 heterocycles. The molecule has 0 atom stereocenters. The number of hydrogen-bond acceptors (Lipinski definition) is 2. The third-order valence-electron chi connectivity index (χ3n) is 6.96. The molecule has 3 rings (SSSR count). The molecule has 2 fully saturated rings. The van der Waals surface area contributed by atoms with Crippen molar-refractivity contribution in [1.82, 2.24) is 0 Å². The van der Waals surface area contributed by atoms with Crippen LogP contribution in [0.4, 0.5) is 8.78 Å². The molecule has 0 aromatic heterocycles. The predicted octanol–water partition coefficient (Wildman–Crippen LogP) is 7.71. The largest absolute Gasteiger partial charge is 0.491 e. The van der Waals surface area contributed by atoms with Crippen molar-refractivity contribution in [2.45, 2.75) is 78.1 Å². The van der Waals surface area contributed by atoms with Crippen LogP contribution >= 0.6 is 0 Å². The first-order valence-corrected chi connectivity index (χ1v) is 12.0. The highest BCUT2D eigenvalue weighted by Gasteiger charge is 2.23. The molecule has 4 heteroatoms. The van der Waals surface area contributed by atoms with E-state index in [9.17, 15) is 8.78 Å². The van der Waals surface area contributed by atoms with Crippen molar-refractivity contribution >= 4 is 0 Å². The first-order chi connectivity index (χ1) is 14.6. The first-order valence-electron chi connectivity index (χ1n) is 12.0. The van der Waals surface area contributed by atoms with Gasteiger partial charge in [-0.3, -0.25) is 0 Å². The third kappa shape index (κ3) is 6.72. The Morgan fingerprint density at radius 2 is 1.47 bits per heavy atom. The molecule has 2 nitrogen and oxygen atoms in total. The Morgan fingerprint density at radius 3 is 2.10 bits per heavy atom. The van der Waals surface area contributed by atoms with Crippen LogP contribution in [0.25, 0.3) is 0 Å². The summed E-state index contributed by atoms with van der Waals surface area (Å²) >= 11 is 0. The fourth-order valence-corrected chi connectivity index (χ4v) is 4.89. The van der Waals surface area contributed by atoms with Crippen LogP contribution in [0.5, 0.6) is 11.5 Å². The van der Waals surface area contributed by atoms with Crippen LogP contribution in [-0.2, 0) is 0 Å². The zero-order valence-electron chi connectivity index (χ0n) is 18.7. The van der Waals surface area contributed by atoms with Crippen LogP contribution in [0.1, 0.15) is 78.1 Å². The summed E-state index contributed by atoms with van der Waals surface area (Å²) in [5.41, 5.74) is 0. The van der Waals surface area contributed by atoms with Crippen molar-refractivity contribution in [2.75, 3.05) is 13.2 Å². The molecule has 0 spiro atoms.